The Morgan fingerprint density at radius 2 is 2.09 bits per heavy atom. The molecule has 0 aliphatic carbocycles. The molecular formula is C18H26N2O3. The van der Waals surface area contributed by atoms with Crippen LogP contribution in [0, 0.1) is 5.92 Å². The first-order valence-electron chi connectivity index (χ1n) is 8.07. The molecule has 1 heterocycles. The van der Waals surface area contributed by atoms with Crippen LogP contribution >= 0.6 is 0 Å². The molecule has 1 aromatic carbocycles. The number of methoxy groups -OCH3 is 1. The maximum absolute atomic E-state index is 12.9. The van der Waals surface area contributed by atoms with Crippen LogP contribution in [0.3, 0.4) is 0 Å². The van der Waals surface area contributed by atoms with Gasteiger partial charge in [-0.3, -0.25) is 9.59 Å². The fourth-order valence-corrected chi connectivity index (χ4v) is 2.89. The van der Waals surface area contributed by atoms with Gasteiger partial charge in [-0.15, -0.1) is 0 Å². The fourth-order valence-electron chi connectivity index (χ4n) is 2.89. The molecule has 0 fully saturated rings. The van der Waals surface area contributed by atoms with Gasteiger partial charge in [-0.25, -0.2) is 0 Å². The SMILES string of the molecule is CCN1C(=O)[C@@H](C(=O)NC(C)(C)C)CCc2ccc(OC)cc21. The maximum Gasteiger partial charge on any atom is 0.239 e. The van der Waals surface area contributed by atoms with Crippen molar-refractivity contribution in [3.05, 3.63) is 23.8 Å². The van der Waals surface area contributed by atoms with E-state index in [9.17, 15) is 9.59 Å². The molecule has 0 radical (unpaired) electrons. The number of amides is 2. The highest BCUT2D eigenvalue weighted by Gasteiger charge is 2.35. The van der Waals surface area contributed by atoms with Gasteiger partial charge < -0.3 is 15.0 Å². The van der Waals surface area contributed by atoms with E-state index in [1.165, 1.54) is 0 Å². The number of carbonyl (C=O) groups excluding carboxylic acids is 2. The average Bonchev–Trinajstić information content (AvgIpc) is 2.60. The summed E-state index contributed by atoms with van der Waals surface area (Å²) in [6.45, 7) is 8.21. The van der Waals surface area contributed by atoms with Gasteiger partial charge >= 0.3 is 0 Å². The Labute approximate surface area is 138 Å². The number of hydrogen-bond acceptors (Lipinski definition) is 3. The second kappa shape index (κ2) is 6.60. The number of aryl methyl sites for hydroxylation is 1. The van der Waals surface area contributed by atoms with Gasteiger partial charge in [0, 0.05) is 18.2 Å². The van der Waals surface area contributed by atoms with Gasteiger partial charge in [-0.1, -0.05) is 6.07 Å². The van der Waals surface area contributed by atoms with Crippen molar-refractivity contribution < 1.29 is 14.3 Å². The predicted molar refractivity (Wildman–Crippen MR) is 90.7 cm³/mol. The minimum absolute atomic E-state index is 0.138. The van der Waals surface area contributed by atoms with Crippen LogP contribution in [-0.2, 0) is 16.0 Å². The van der Waals surface area contributed by atoms with Crippen molar-refractivity contribution in [2.45, 2.75) is 46.1 Å². The minimum atomic E-state index is -0.646. The normalized spacial score (nSPS) is 18.2. The molecule has 0 aromatic heterocycles. The van der Waals surface area contributed by atoms with Gasteiger partial charge in [0.25, 0.3) is 0 Å². The summed E-state index contributed by atoms with van der Waals surface area (Å²) >= 11 is 0. The summed E-state index contributed by atoms with van der Waals surface area (Å²) in [4.78, 5) is 27.1. The highest BCUT2D eigenvalue weighted by molar-refractivity contribution is 6.08. The van der Waals surface area contributed by atoms with E-state index in [0.29, 0.717) is 25.1 Å². The third kappa shape index (κ3) is 3.84. The molecule has 0 unspecified atom stereocenters. The lowest BCUT2D eigenvalue weighted by atomic mass is 9.98. The van der Waals surface area contributed by atoms with E-state index in [0.717, 1.165) is 11.3 Å². The summed E-state index contributed by atoms with van der Waals surface area (Å²) in [7, 11) is 1.61. The number of benzene rings is 1. The molecule has 0 saturated carbocycles. The summed E-state index contributed by atoms with van der Waals surface area (Å²) in [5, 5.41) is 2.93. The number of ether oxygens (including phenoxy) is 1. The molecule has 1 atom stereocenters. The van der Waals surface area contributed by atoms with Crippen molar-refractivity contribution >= 4 is 17.5 Å². The summed E-state index contributed by atoms with van der Waals surface area (Å²) in [6, 6.07) is 5.75. The Kier molecular flexibility index (Phi) is 4.97. The van der Waals surface area contributed by atoms with E-state index in [-0.39, 0.29) is 17.4 Å². The second-order valence-electron chi connectivity index (χ2n) is 6.91. The molecular weight excluding hydrogens is 292 g/mol. The summed E-state index contributed by atoms with van der Waals surface area (Å²) < 4.78 is 5.27. The number of nitrogens with zero attached hydrogens (tertiary/aromatic N) is 1. The summed E-state index contributed by atoms with van der Waals surface area (Å²) in [5.74, 6) is -0.262. The summed E-state index contributed by atoms with van der Waals surface area (Å²) in [5.41, 5.74) is 1.58. The molecule has 0 spiro atoms. The Morgan fingerprint density at radius 3 is 2.65 bits per heavy atom. The lowest BCUT2D eigenvalue weighted by Crippen LogP contribution is -2.48. The standard InChI is InChI=1S/C18H26N2O3/c1-6-20-15-11-13(23-5)9-7-12(15)8-10-14(17(20)22)16(21)19-18(2,3)4/h7,9,11,14H,6,8,10H2,1-5H3,(H,19,21)/t14-/m1/s1. The van der Waals surface area contributed by atoms with Crippen molar-refractivity contribution in [3.8, 4) is 5.75 Å². The largest absolute Gasteiger partial charge is 0.497 e. The van der Waals surface area contributed by atoms with Crippen molar-refractivity contribution in [3.63, 3.8) is 0 Å². The van der Waals surface area contributed by atoms with Gasteiger partial charge in [0.05, 0.1) is 12.8 Å². The first kappa shape index (κ1) is 17.3. The van der Waals surface area contributed by atoms with Crippen LogP contribution < -0.4 is 15.0 Å². The number of nitrogens with one attached hydrogen (secondary N) is 1. The van der Waals surface area contributed by atoms with Gasteiger partial charge in [-0.05, 0) is 52.2 Å². The van der Waals surface area contributed by atoms with Crippen LogP contribution in [0.4, 0.5) is 5.69 Å². The predicted octanol–water partition coefficient (Wildman–Crippen LogP) is 2.53. The Bertz CT molecular complexity index is 605. The monoisotopic (exact) mass is 318 g/mol. The van der Waals surface area contributed by atoms with Gasteiger partial charge in [0.1, 0.15) is 11.7 Å². The number of fused-ring (bicyclic) bond motifs is 1. The number of rotatable bonds is 3. The third-order valence-electron chi connectivity index (χ3n) is 3.98. The highest BCUT2D eigenvalue weighted by Crippen LogP contribution is 2.32. The first-order valence-corrected chi connectivity index (χ1v) is 8.07. The Balaban J connectivity index is 2.34. The van der Waals surface area contributed by atoms with Gasteiger partial charge in [0.2, 0.25) is 11.8 Å². The Hall–Kier alpha value is -2.04. The van der Waals surface area contributed by atoms with Crippen LogP contribution in [0.5, 0.6) is 5.75 Å². The van der Waals surface area contributed by atoms with Crippen LogP contribution in [-0.4, -0.2) is 31.0 Å². The molecule has 126 valence electrons. The number of hydrogen-bond donors (Lipinski definition) is 1. The second-order valence-corrected chi connectivity index (χ2v) is 6.91. The average molecular weight is 318 g/mol. The fraction of sp³-hybridized carbons (Fsp3) is 0.556. The molecule has 1 aliphatic heterocycles. The van der Waals surface area contributed by atoms with Crippen molar-refractivity contribution in [1.29, 1.82) is 0 Å². The topological polar surface area (TPSA) is 58.6 Å². The van der Waals surface area contributed by atoms with Gasteiger partial charge in [-0.2, -0.15) is 0 Å². The third-order valence-corrected chi connectivity index (χ3v) is 3.98. The zero-order valence-corrected chi connectivity index (χ0v) is 14.6. The number of carbonyl (C=O) groups is 2. The minimum Gasteiger partial charge on any atom is -0.497 e. The molecule has 1 aliphatic rings. The van der Waals surface area contributed by atoms with E-state index in [1.54, 1.807) is 12.0 Å². The quantitative estimate of drug-likeness (QED) is 0.871. The Morgan fingerprint density at radius 1 is 1.39 bits per heavy atom. The van der Waals surface area contributed by atoms with Crippen molar-refractivity contribution in [1.82, 2.24) is 5.32 Å². The molecule has 1 aromatic rings. The van der Waals surface area contributed by atoms with Crippen LogP contribution in [0.15, 0.2) is 18.2 Å². The lowest BCUT2D eigenvalue weighted by molar-refractivity contribution is -0.134. The molecule has 0 bridgehead atoms. The maximum atomic E-state index is 12.9. The molecule has 1 N–H and O–H groups in total. The van der Waals surface area contributed by atoms with Crippen LogP contribution in [0.1, 0.15) is 39.7 Å². The first-order chi connectivity index (χ1) is 10.8. The highest BCUT2D eigenvalue weighted by atomic mass is 16.5. The zero-order chi connectivity index (χ0) is 17.2. The smallest absolute Gasteiger partial charge is 0.239 e. The molecule has 23 heavy (non-hydrogen) atoms. The van der Waals surface area contributed by atoms with Crippen molar-refractivity contribution in [2.75, 3.05) is 18.6 Å². The van der Waals surface area contributed by atoms with E-state index < -0.39 is 5.92 Å². The van der Waals surface area contributed by atoms with E-state index in [2.05, 4.69) is 5.32 Å². The van der Waals surface area contributed by atoms with E-state index in [4.69, 9.17) is 4.74 Å². The van der Waals surface area contributed by atoms with Gasteiger partial charge in [0.15, 0.2) is 0 Å². The zero-order valence-electron chi connectivity index (χ0n) is 14.6. The lowest BCUT2D eigenvalue weighted by Gasteiger charge is -2.27. The number of anilines is 1. The van der Waals surface area contributed by atoms with Crippen LogP contribution in [0.2, 0.25) is 0 Å². The summed E-state index contributed by atoms with van der Waals surface area (Å²) in [6.07, 6.45) is 1.22. The van der Waals surface area contributed by atoms with E-state index in [1.807, 2.05) is 45.9 Å². The molecule has 2 amide bonds. The van der Waals surface area contributed by atoms with E-state index >= 15 is 0 Å². The molecule has 5 nitrogen and oxygen atoms in total. The molecule has 2 rings (SSSR count). The van der Waals surface area contributed by atoms with Crippen molar-refractivity contribution in [2.24, 2.45) is 5.92 Å². The molecule has 5 heteroatoms. The van der Waals surface area contributed by atoms with Crippen LogP contribution in [0.25, 0.3) is 0 Å². The molecule has 0 saturated heterocycles.